The molecule has 8 heteroatoms. The van der Waals surface area contributed by atoms with E-state index < -0.39 is 0 Å². The van der Waals surface area contributed by atoms with Gasteiger partial charge < -0.3 is 0 Å². The summed E-state index contributed by atoms with van der Waals surface area (Å²) in [6, 6.07) is 32.1. The van der Waals surface area contributed by atoms with Gasteiger partial charge in [0.25, 0.3) is 0 Å². The molecule has 9 rings (SSSR count). The summed E-state index contributed by atoms with van der Waals surface area (Å²) in [5.74, 6) is 4.49. The van der Waals surface area contributed by atoms with Gasteiger partial charge in [0.05, 0.1) is 25.4 Å². The lowest BCUT2D eigenvalue weighted by molar-refractivity contribution is 1.24. The van der Waals surface area contributed by atoms with Crippen molar-refractivity contribution in [2.75, 3.05) is 11.5 Å². The normalized spacial score (nSPS) is 18.1. The number of benzene rings is 4. The van der Waals surface area contributed by atoms with Gasteiger partial charge in [0, 0.05) is 23.0 Å². The van der Waals surface area contributed by atoms with E-state index in [0.717, 1.165) is 24.3 Å². The van der Waals surface area contributed by atoms with Gasteiger partial charge in [-0.15, -0.1) is 47.0 Å². The fourth-order valence-corrected chi connectivity index (χ4v) is 18.2. The number of fused-ring (bicyclic) bond motifs is 6. The summed E-state index contributed by atoms with van der Waals surface area (Å²) >= 11 is 16.2. The third-order valence-electron chi connectivity index (χ3n) is 8.25. The van der Waals surface area contributed by atoms with Crippen LogP contribution in [0.3, 0.4) is 0 Å². The second kappa shape index (κ2) is 12.5. The summed E-state index contributed by atoms with van der Waals surface area (Å²) in [7, 11) is 0. The zero-order chi connectivity index (χ0) is 29.0. The first-order chi connectivity index (χ1) is 21.7. The Morgan fingerprint density at radius 2 is 0.909 bits per heavy atom. The molecule has 0 saturated carbocycles. The van der Waals surface area contributed by atoms with Gasteiger partial charge in [0.2, 0.25) is 0 Å². The highest BCUT2D eigenvalue weighted by Crippen LogP contribution is 2.67. The topological polar surface area (TPSA) is 0 Å². The SMILES string of the molecule is c1ccc2c(c1)Cc1cc(CSC3=C(SCc4ccc5c(c4)Cc4ccccc4-5)SC(=C4SC5=C(SCCS5)S4)S3)ccc1-2. The first kappa shape index (κ1) is 29.1. The first-order valence-corrected chi connectivity index (χ1v) is 21.8. The molecule has 4 aromatic rings. The van der Waals surface area contributed by atoms with Gasteiger partial charge in [-0.3, -0.25) is 0 Å². The van der Waals surface area contributed by atoms with Crippen LogP contribution in [0.5, 0.6) is 0 Å². The van der Waals surface area contributed by atoms with Gasteiger partial charge >= 0.3 is 0 Å². The maximum Gasteiger partial charge on any atom is 0.0717 e. The Balaban J connectivity index is 0.945. The smallest absolute Gasteiger partial charge is 0.0717 e. The number of hydrogen-bond donors (Lipinski definition) is 0. The predicted molar refractivity (Wildman–Crippen MR) is 208 cm³/mol. The van der Waals surface area contributed by atoms with Gasteiger partial charge in [-0.05, 0) is 68.5 Å². The Morgan fingerprint density at radius 1 is 0.455 bits per heavy atom. The van der Waals surface area contributed by atoms with Crippen molar-refractivity contribution in [3.05, 3.63) is 144 Å². The molecule has 5 aliphatic rings. The molecule has 0 bridgehead atoms. The molecule has 4 aromatic carbocycles. The highest BCUT2D eigenvalue weighted by Gasteiger charge is 2.32. The fourth-order valence-electron chi connectivity index (χ4n) is 6.21. The Bertz CT molecular complexity index is 1800. The second-order valence-corrected chi connectivity index (χ2v) is 20.9. The van der Waals surface area contributed by atoms with Crippen molar-refractivity contribution in [3.63, 3.8) is 0 Å². The van der Waals surface area contributed by atoms with Crippen LogP contribution in [0.15, 0.2) is 110 Å². The summed E-state index contributed by atoms with van der Waals surface area (Å²) in [6.45, 7) is 0. The lowest BCUT2D eigenvalue weighted by atomic mass is 10.0. The molecule has 0 amide bonds. The van der Waals surface area contributed by atoms with E-state index in [2.05, 4.69) is 84.9 Å². The molecule has 0 spiro atoms. The Labute approximate surface area is 293 Å². The van der Waals surface area contributed by atoms with Crippen molar-refractivity contribution in [3.8, 4) is 22.3 Å². The van der Waals surface area contributed by atoms with E-state index in [-0.39, 0.29) is 0 Å². The molecule has 0 saturated heterocycles. The summed E-state index contributed by atoms with van der Waals surface area (Å²) in [5.41, 5.74) is 14.4. The molecule has 0 nitrogen and oxygen atoms in total. The molecule has 218 valence electrons. The Morgan fingerprint density at radius 3 is 1.43 bits per heavy atom. The van der Waals surface area contributed by atoms with Gasteiger partial charge in [0.15, 0.2) is 0 Å². The zero-order valence-corrected chi connectivity index (χ0v) is 30.1. The number of thioether (sulfide) groups is 8. The molecule has 0 N–H and O–H groups in total. The third kappa shape index (κ3) is 5.59. The van der Waals surface area contributed by atoms with E-state index >= 15 is 0 Å². The maximum absolute atomic E-state index is 2.46. The molecule has 2 aliphatic carbocycles. The monoisotopic (exact) mass is 714 g/mol. The van der Waals surface area contributed by atoms with Crippen LogP contribution < -0.4 is 0 Å². The van der Waals surface area contributed by atoms with Crippen molar-refractivity contribution in [2.45, 2.75) is 24.3 Å². The molecule has 0 atom stereocenters. The predicted octanol–water partition coefficient (Wildman–Crippen LogP) is 12.8. The van der Waals surface area contributed by atoms with E-state index in [4.69, 9.17) is 0 Å². The van der Waals surface area contributed by atoms with Crippen molar-refractivity contribution in [2.24, 2.45) is 0 Å². The molecule has 0 aromatic heterocycles. The third-order valence-corrected chi connectivity index (χ3v) is 20.2. The lowest BCUT2D eigenvalue weighted by Gasteiger charge is -2.08. The van der Waals surface area contributed by atoms with Gasteiger partial charge in [0.1, 0.15) is 0 Å². The molecule has 44 heavy (non-hydrogen) atoms. The molecular weight excluding hydrogens is 689 g/mol. The van der Waals surface area contributed by atoms with Crippen LogP contribution in [-0.2, 0) is 24.3 Å². The van der Waals surface area contributed by atoms with Crippen molar-refractivity contribution in [1.82, 2.24) is 0 Å². The van der Waals surface area contributed by atoms with Crippen LogP contribution in [0.1, 0.15) is 33.4 Å². The fraction of sp³-hybridized carbons (Fsp3) is 0.167. The summed E-state index contributed by atoms with van der Waals surface area (Å²) < 4.78 is 8.99. The molecular formula is C36H26S8. The Kier molecular flexibility index (Phi) is 8.25. The van der Waals surface area contributed by atoms with Crippen molar-refractivity contribution < 1.29 is 0 Å². The average molecular weight is 715 g/mol. The molecule has 3 aliphatic heterocycles. The summed E-state index contributed by atoms with van der Waals surface area (Å²) in [4.78, 5) is 0. The standard InChI is InChI=1S/C36H26S8/c1-3-7-27-23(5-1)17-25-15-21(9-11-29(25)27)19-39-33-34(44-36(43-33)35-41-31-32(42-35)38-14-13-37-31)40-20-22-10-12-30-26(16-22)18-24-6-2-4-8-28(24)30/h1-12,15-16H,13-14,17-20H2. The van der Waals surface area contributed by atoms with Crippen molar-refractivity contribution >= 4 is 94.1 Å². The maximum atomic E-state index is 2.46. The van der Waals surface area contributed by atoms with E-state index in [1.54, 1.807) is 0 Å². The second-order valence-electron chi connectivity index (χ2n) is 11.1. The van der Waals surface area contributed by atoms with Crippen molar-refractivity contribution in [1.29, 1.82) is 0 Å². The zero-order valence-electron chi connectivity index (χ0n) is 23.6. The highest BCUT2D eigenvalue weighted by molar-refractivity contribution is 8.45. The van der Waals surface area contributed by atoms with Gasteiger partial charge in [-0.2, -0.15) is 0 Å². The van der Waals surface area contributed by atoms with Crippen LogP contribution in [-0.4, -0.2) is 11.5 Å². The molecule has 0 radical (unpaired) electrons. The van der Waals surface area contributed by atoms with Crippen LogP contribution in [0.4, 0.5) is 0 Å². The summed E-state index contributed by atoms with van der Waals surface area (Å²) in [5, 5.41) is 0. The average Bonchev–Trinajstić information content (AvgIpc) is 3.84. The van der Waals surface area contributed by atoms with Crippen LogP contribution in [0, 0.1) is 0 Å². The quantitative estimate of drug-likeness (QED) is 0.165. The minimum Gasteiger partial charge on any atom is -0.116 e. The van der Waals surface area contributed by atoms with Gasteiger partial charge in [-0.1, -0.05) is 132 Å². The van der Waals surface area contributed by atoms with E-state index in [0.29, 0.717) is 0 Å². The van der Waals surface area contributed by atoms with Crippen LogP contribution >= 0.6 is 94.1 Å². The highest BCUT2D eigenvalue weighted by atomic mass is 32.3. The van der Waals surface area contributed by atoms with Crippen LogP contribution in [0.25, 0.3) is 22.3 Å². The molecule has 3 heterocycles. The minimum absolute atomic E-state index is 1.01. The molecule has 0 unspecified atom stereocenters. The number of hydrogen-bond acceptors (Lipinski definition) is 8. The van der Waals surface area contributed by atoms with Crippen LogP contribution in [0.2, 0.25) is 0 Å². The number of rotatable bonds is 6. The summed E-state index contributed by atoms with van der Waals surface area (Å²) in [6.07, 6.45) is 2.12. The van der Waals surface area contributed by atoms with Gasteiger partial charge in [-0.25, -0.2) is 0 Å². The van der Waals surface area contributed by atoms with E-state index in [9.17, 15) is 0 Å². The van der Waals surface area contributed by atoms with E-state index in [1.165, 1.54) is 92.6 Å². The largest absolute Gasteiger partial charge is 0.116 e. The Hall–Kier alpha value is -1.10. The lowest BCUT2D eigenvalue weighted by Crippen LogP contribution is -1.88. The minimum atomic E-state index is 1.01. The van der Waals surface area contributed by atoms with E-state index in [1.807, 2.05) is 94.1 Å². The molecule has 0 fully saturated rings. The first-order valence-electron chi connectivity index (χ1n) is 14.6.